The Morgan fingerprint density at radius 2 is 1.95 bits per heavy atom. The fraction of sp³-hybridized carbons (Fsp3) is 0.429. The Labute approximate surface area is 112 Å². The minimum atomic E-state index is -0.647. The van der Waals surface area contributed by atoms with Crippen LogP contribution in [0.3, 0.4) is 0 Å². The Morgan fingerprint density at radius 3 is 2.42 bits per heavy atom. The normalized spacial score (nSPS) is 11.0. The number of nitrogens with one attached hydrogen (secondary N) is 1. The summed E-state index contributed by atoms with van der Waals surface area (Å²) in [5.41, 5.74) is -0.0155. The summed E-state index contributed by atoms with van der Waals surface area (Å²) in [5.74, 6) is -0.643. The SMILES string of the molecule is CC(=O)Cc1ccc(NC(=O)OC(C)(C)C)cc1F. The smallest absolute Gasteiger partial charge is 0.412 e. The summed E-state index contributed by atoms with van der Waals surface area (Å²) >= 11 is 0. The van der Waals surface area contributed by atoms with Crippen LogP contribution >= 0.6 is 0 Å². The number of ketones is 1. The van der Waals surface area contributed by atoms with Crippen LogP contribution in [0, 0.1) is 5.82 Å². The minimum Gasteiger partial charge on any atom is -0.444 e. The lowest BCUT2D eigenvalue weighted by molar-refractivity contribution is -0.116. The molecule has 1 N–H and O–H groups in total. The summed E-state index contributed by atoms with van der Waals surface area (Å²) in [4.78, 5) is 22.4. The molecule has 0 spiro atoms. The predicted molar refractivity (Wildman–Crippen MR) is 70.6 cm³/mol. The molecule has 0 aliphatic heterocycles. The van der Waals surface area contributed by atoms with E-state index >= 15 is 0 Å². The Hall–Kier alpha value is -1.91. The third-order valence-electron chi connectivity index (χ3n) is 2.14. The molecule has 4 nitrogen and oxygen atoms in total. The molecule has 0 fully saturated rings. The molecule has 0 aromatic heterocycles. The fourth-order valence-electron chi connectivity index (χ4n) is 1.46. The van der Waals surface area contributed by atoms with Crippen LogP contribution in [0.15, 0.2) is 18.2 Å². The van der Waals surface area contributed by atoms with Crippen molar-refractivity contribution in [3.05, 3.63) is 29.6 Å². The van der Waals surface area contributed by atoms with Gasteiger partial charge in [0.2, 0.25) is 0 Å². The molecule has 19 heavy (non-hydrogen) atoms. The molecule has 104 valence electrons. The Bertz CT molecular complexity index is 492. The van der Waals surface area contributed by atoms with Crippen molar-refractivity contribution in [1.82, 2.24) is 0 Å². The molecule has 0 unspecified atom stereocenters. The molecule has 0 aliphatic rings. The van der Waals surface area contributed by atoms with Crippen LogP contribution in [0.25, 0.3) is 0 Å². The lowest BCUT2D eigenvalue weighted by Crippen LogP contribution is -2.27. The zero-order valence-corrected chi connectivity index (χ0v) is 11.5. The van der Waals surface area contributed by atoms with Crippen molar-refractivity contribution in [3.63, 3.8) is 0 Å². The first kappa shape index (κ1) is 15.1. The molecule has 5 heteroatoms. The largest absolute Gasteiger partial charge is 0.444 e. The highest BCUT2D eigenvalue weighted by Gasteiger charge is 2.16. The van der Waals surface area contributed by atoms with E-state index in [-0.39, 0.29) is 12.2 Å². The van der Waals surface area contributed by atoms with E-state index in [0.717, 1.165) is 0 Å². The van der Waals surface area contributed by atoms with Gasteiger partial charge in [0.15, 0.2) is 0 Å². The minimum absolute atomic E-state index is 0.0402. The van der Waals surface area contributed by atoms with Crippen molar-refractivity contribution in [2.45, 2.75) is 39.7 Å². The van der Waals surface area contributed by atoms with Crippen molar-refractivity contribution in [2.24, 2.45) is 0 Å². The Morgan fingerprint density at radius 1 is 1.32 bits per heavy atom. The number of anilines is 1. The maximum Gasteiger partial charge on any atom is 0.412 e. The lowest BCUT2D eigenvalue weighted by atomic mass is 10.1. The van der Waals surface area contributed by atoms with Gasteiger partial charge >= 0.3 is 6.09 Å². The highest BCUT2D eigenvalue weighted by atomic mass is 19.1. The number of benzene rings is 1. The number of carbonyl (C=O) groups is 2. The molecule has 1 aromatic carbocycles. The molecular weight excluding hydrogens is 249 g/mol. The van der Waals surface area contributed by atoms with Gasteiger partial charge in [0.05, 0.1) is 0 Å². The second-order valence-electron chi connectivity index (χ2n) is 5.31. The van der Waals surface area contributed by atoms with Crippen LogP contribution in [0.2, 0.25) is 0 Å². The quantitative estimate of drug-likeness (QED) is 0.914. The van der Waals surface area contributed by atoms with Crippen molar-refractivity contribution in [2.75, 3.05) is 5.32 Å². The van der Waals surface area contributed by atoms with E-state index in [1.165, 1.54) is 25.1 Å². The number of carbonyl (C=O) groups excluding carboxylic acids is 2. The Balaban J connectivity index is 2.73. The van der Waals surface area contributed by atoms with Crippen LogP contribution in [-0.2, 0) is 16.0 Å². The third kappa shape index (κ3) is 5.50. The molecule has 0 radical (unpaired) electrons. The maximum absolute atomic E-state index is 13.7. The molecule has 0 bridgehead atoms. The molecule has 1 aromatic rings. The van der Waals surface area contributed by atoms with Gasteiger partial charge in [-0.1, -0.05) is 6.07 Å². The first-order valence-corrected chi connectivity index (χ1v) is 5.95. The number of Topliss-reactive ketones (excluding diaryl/α,β-unsaturated/α-hetero) is 1. The summed E-state index contributed by atoms with van der Waals surface area (Å²) in [6.45, 7) is 6.61. The van der Waals surface area contributed by atoms with E-state index in [0.29, 0.717) is 11.3 Å². The number of rotatable bonds is 3. The zero-order chi connectivity index (χ0) is 14.6. The molecule has 0 atom stereocenters. The molecular formula is C14H18FNO3. The van der Waals surface area contributed by atoms with Gasteiger partial charge in [-0.2, -0.15) is 0 Å². The highest BCUT2D eigenvalue weighted by Crippen LogP contribution is 2.16. The van der Waals surface area contributed by atoms with Gasteiger partial charge in [-0.05, 0) is 45.4 Å². The summed E-state index contributed by atoms with van der Waals surface area (Å²) in [5, 5.41) is 2.43. The average molecular weight is 267 g/mol. The summed E-state index contributed by atoms with van der Waals surface area (Å²) < 4.78 is 18.7. The van der Waals surface area contributed by atoms with Gasteiger partial charge in [-0.15, -0.1) is 0 Å². The van der Waals surface area contributed by atoms with Crippen LogP contribution in [0.1, 0.15) is 33.3 Å². The molecule has 0 saturated heterocycles. The van der Waals surface area contributed by atoms with Crippen LogP contribution < -0.4 is 5.32 Å². The molecule has 1 amide bonds. The number of amides is 1. The predicted octanol–water partition coefficient (Wildman–Crippen LogP) is 3.30. The summed E-state index contributed by atoms with van der Waals surface area (Å²) in [7, 11) is 0. The average Bonchev–Trinajstić information content (AvgIpc) is 2.18. The summed E-state index contributed by atoms with van der Waals surface area (Å²) in [6, 6.07) is 4.18. The van der Waals surface area contributed by atoms with Crippen LogP contribution in [0.5, 0.6) is 0 Å². The molecule has 0 saturated carbocycles. The fourth-order valence-corrected chi connectivity index (χ4v) is 1.46. The van der Waals surface area contributed by atoms with Gasteiger partial charge in [-0.3, -0.25) is 10.1 Å². The third-order valence-corrected chi connectivity index (χ3v) is 2.14. The molecule has 1 rings (SSSR count). The van der Waals surface area contributed by atoms with E-state index in [1.807, 2.05) is 0 Å². The van der Waals surface area contributed by atoms with Gasteiger partial charge in [0.1, 0.15) is 17.2 Å². The van der Waals surface area contributed by atoms with Crippen LogP contribution in [-0.4, -0.2) is 17.5 Å². The van der Waals surface area contributed by atoms with Crippen molar-refractivity contribution >= 4 is 17.6 Å². The van der Waals surface area contributed by atoms with Crippen molar-refractivity contribution < 1.29 is 18.7 Å². The second-order valence-corrected chi connectivity index (χ2v) is 5.31. The molecule has 0 aliphatic carbocycles. The van der Waals surface area contributed by atoms with Crippen LogP contribution in [0.4, 0.5) is 14.9 Å². The second kappa shape index (κ2) is 5.82. The molecule has 0 heterocycles. The van der Waals surface area contributed by atoms with E-state index in [4.69, 9.17) is 4.74 Å². The van der Waals surface area contributed by atoms with Crippen molar-refractivity contribution in [1.29, 1.82) is 0 Å². The van der Waals surface area contributed by atoms with Gasteiger partial charge in [0, 0.05) is 12.1 Å². The number of ether oxygens (including phenoxy) is 1. The lowest BCUT2D eigenvalue weighted by Gasteiger charge is -2.19. The number of hydrogen-bond acceptors (Lipinski definition) is 3. The van der Waals surface area contributed by atoms with Gasteiger partial charge in [-0.25, -0.2) is 9.18 Å². The highest BCUT2D eigenvalue weighted by molar-refractivity contribution is 5.85. The Kier molecular flexibility index (Phi) is 4.64. The van der Waals surface area contributed by atoms with E-state index in [2.05, 4.69) is 5.32 Å². The van der Waals surface area contributed by atoms with Crippen molar-refractivity contribution in [3.8, 4) is 0 Å². The van der Waals surface area contributed by atoms with Gasteiger partial charge in [0.25, 0.3) is 0 Å². The summed E-state index contributed by atoms with van der Waals surface area (Å²) in [6.07, 6.45) is -0.607. The first-order valence-electron chi connectivity index (χ1n) is 5.95. The van der Waals surface area contributed by atoms with E-state index in [9.17, 15) is 14.0 Å². The number of hydrogen-bond donors (Lipinski definition) is 1. The number of halogens is 1. The topological polar surface area (TPSA) is 55.4 Å². The van der Waals surface area contributed by atoms with E-state index in [1.54, 1.807) is 20.8 Å². The maximum atomic E-state index is 13.7. The zero-order valence-electron chi connectivity index (χ0n) is 11.5. The first-order chi connectivity index (χ1) is 8.67. The monoisotopic (exact) mass is 267 g/mol. The van der Waals surface area contributed by atoms with Gasteiger partial charge < -0.3 is 4.74 Å². The standard InChI is InChI=1S/C14H18FNO3/c1-9(17)7-10-5-6-11(8-12(10)15)16-13(18)19-14(2,3)4/h5-6,8H,7H2,1-4H3,(H,16,18). The van der Waals surface area contributed by atoms with E-state index < -0.39 is 17.5 Å².